The molecule has 0 radical (unpaired) electrons. The van der Waals surface area contributed by atoms with E-state index < -0.39 is 0 Å². The van der Waals surface area contributed by atoms with Crippen LogP contribution in [-0.2, 0) is 13.0 Å². The van der Waals surface area contributed by atoms with Crippen molar-refractivity contribution in [1.82, 2.24) is 15.6 Å². The highest BCUT2D eigenvalue weighted by Crippen LogP contribution is 2.28. The zero-order valence-electron chi connectivity index (χ0n) is 19.3. The Morgan fingerprint density at radius 2 is 1.91 bits per heavy atom. The molecule has 32 heavy (non-hydrogen) atoms. The fourth-order valence-corrected chi connectivity index (χ4v) is 3.27. The standard InChI is InChI=1S/C25H32N4O3/c1-5-31-22-15-19(10-13-21(22)30-4)7-6-14-27-25(26-3)29-17-24-28-16-23(32-24)20-11-8-18(2)9-12-20/h8-13,15-16H,5-7,14,17H2,1-4H3,(H2,26,27,29). The molecule has 2 aromatic carbocycles. The van der Waals surface area contributed by atoms with Crippen molar-refractivity contribution in [3.63, 3.8) is 0 Å². The van der Waals surface area contributed by atoms with Crippen molar-refractivity contribution in [3.8, 4) is 22.8 Å². The van der Waals surface area contributed by atoms with E-state index in [0.717, 1.165) is 42.2 Å². The van der Waals surface area contributed by atoms with Gasteiger partial charge in [-0.05, 0) is 44.4 Å². The van der Waals surface area contributed by atoms with Crippen molar-refractivity contribution in [3.05, 3.63) is 65.7 Å². The lowest BCUT2D eigenvalue weighted by Gasteiger charge is -2.12. The molecular weight excluding hydrogens is 404 g/mol. The van der Waals surface area contributed by atoms with Crippen LogP contribution in [0.5, 0.6) is 11.5 Å². The first-order valence-corrected chi connectivity index (χ1v) is 10.9. The lowest BCUT2D eigenvalue weighted by molar-refractivity contribution is 0.310. The Labute approximate surface area is 189 Å². The summed E-state index contributed by atoms with van der Waals surface area (Å²) in [6, 6.07) is 14.3. The van der Waals surface area contributed by atoms with Crippen LogP contribution in [-0.4, -0.2) is 38.3 Å². The molecule has 0 saturated carbocycles. The predicted octanol–water partition coefficient (Wildman–Crippen LogP) is 4.36. The van der Waals surface area contributed by atoms with Crippen molar-refractivity contribution < 1.29 is 13.9 Å². The third-order valence-corrected chi connectivity index (χ3v) is 4.98. The molecule has 0 aliphatic heterocycles. The zero-order chi connectivity index (χ0) is 22.8. The lowest BCUT2D eigenvalue weighted by Crippen LogP contribution is -2.37. The molecule has 0 aliphatic carbocycles. The SMILES string of the molecule is CCOc1cc(CCCNC(=NC)NCc2ncc(-c3ccc(C)cc3)o2)ccc1OC. The van der Waals surface area contributed by atoms with Crippen molar-refractivity contribution in [2.75, 3.05) is 27.3 Å². The Bertz CT molecular complexity index is 1010. The Morgan fingerprint density at radius 3 is 2.62 bits per heavy atom. The maximum atomic E-state index is 5.86. The number of rotatable bonds is 10. The largest absolute Gasteiger partial charge is 0.493 e. The average molecular weight is 437 g/mol. The third-order valence-electron chi connectivity index (χ3n) is 4.98. The van der Waals surface area contributed by atoms with Crippen LogP contribution in [0.3, 0.4) is 0 Å². The first kappa shape index (κ1) is 23.2. The number of oxazole rings is 1. The molecule has 0 spiro atoms. The summed E-state index contributed by atoms with van der Waals surface area (Å²) in [4.78, 5) is 8.63. The van der Waals surface area contributed by atoms with Crippen molar-refractivity contribution in [2.45, 2.75) is 33.2 Å². The van der Waals surface area contributed by atoms with Gasteiger partial charge in [0.25, 0.3) is 0 Å². The fraction of sp³-hybridized carbons (Fsp3) is 0.360. The number of benzene rings is 2. The highest BCUT2D eigenvalue weighted by molar-refractivity contribution is 5.79. The van der Waals surface area contributed by atoms with Gasteiger partial charge < -0.3 is 24.5 Å². The first-order chi connectivity index (χ1) is 15.6. The average Bonchev–Trinajstić information content (AvgIpc) is 3.28. The highest BCUT2D eigenvalue weighted by atomic mass is 16.5. The lowest BCUT2D eigenvalue weighted by atomic mass is 10.1. The van der Waals surface area contributed by atoms with Gasteiger partial charge in [0.15, 0.2) is 23.2 Å². The number of nitrogens with one attached hydrogen (secondary N) is 2. The molecule has 0 amide bonds. The van der Waals surface area contributed by atoms with Crippen LogP contribution in [0.15, 0.2) is 58.1 Å². The molecule has 0 atom stereocenters. The van der Waals surface area contributed by atoms with E-state index >= 15 is 0 Å². The van der Waals surface area contributed by atoms with Gasteiger partial charge in [-0.3, -0.25) is 4.99 Å². The number of ether oxygens (including phenoxy) is 2. The molecular formula is C25H32N4O3. The van der Waals surface area contributed by atoms with Crippen LogP contribution < -0.4 is 20.1 Å². The predicted molar refractivity (Wildman–Crippen MR) is 127 cm³/mol. The maximum absolute atomic E-state index is 5.86. The number of aryl methyl sites for hydroxylation is 2. The second-order valence-electron chi connectivity index (χ2n) is 7.36. The number of guanidine groups is 1. The summed E-state index contributed by atoms with van der Waals surface area (Å²) in [5.41, 5.74) is 3.44. The Kier molecular flexibility index (Phi) is 8.54. The van der Waals surface area contributed by atoms with Crippen molar-refractivity contribution in [1.29, 1.82) is 0 Å². The molecule has 0 aliphatic rings. The van der Waals surface area contributed by atoms with Gasteiger partial charge in [-0.25, -0.2) is 4.98 Å². The first-order valence-electron chi connectivity index (χ1n) is 10.9. The van der Waals surface area contributed by atoms with Crippen LogP contribution >= 0.6 is 0 Å². The summed E-state index contributed by atoms with van der Waals surface area (Å²) < 4.78 is 16.9. The summed E-state index contributed by atoms with van der Waals surface area (Å²) in [6.07, 6.45) is 3.63. The Hall–Kier alpha value is -3.48. The van der Waals surface area contributed by atoms with E-state index in [1.165, 1.54) is 11.1 Å². The van der Waals surface area contributed by atoms with E-state index in [1.54, 1.807) is 20.4 Å². The summed E-state index contributed by atoms with van der Waals surface area (Å²) in [7, 11) is 3.40. The molecule has 3 rings (SSSR count). The zero-order valence-corrected chi connectivity index (χ0v) is 19.3. The molecule has 170 valence electrons. The topological polar surface area (TPSA) is 80.9 Å². The Morgan fingerprint density at radius 1 is 1.09 bits per heavy atom. The monoisotopic (exact) mass is 436 g/mol. The molecule has 2 N–H and O–H groups in total. The minimum Gasteiger partial charge on any atom is -0.493 e. The molecule has 7 nitrogen and oxygen atoms in total. The van der Waals surface area contributed by atoms with Crippen molar-refractivity contribution >= 4 is 5.96 Å². The normalized spacial score (nSPS) is 11.3. The number of hydrogen-bond acceptors (Lipinski definition) is 5. The quantitative estimate of drug-likeness (QED) is 0.279. The summed E-state index contributed by atoms with van der Waals surface area (Å²) >= 11 is 0. The van der Waals surface area contributed by atoms with E-state index in [0.29, 0.717) is 25.0 Å². The molecule has 0 bridgehead atoms. The van der Waals surface area contributed by atoms with Gasteiger partial charge >= 0.3 is 0 Å². The number of methoxy groups -OCH3 is 1. The van der Waals surface area contributed by atoms with Gasteiger partial charge in [-0.1, -0.05) is 35.9 Å². The number of nitrogens with zero attached hydrogens (tertiary/aromatic N) is 2. The summed E-state index contributed by atoms with van der Waals surface area (Å²) in [5, 5.41) is 6.58. The third kappa shape index (κ3) is 6.51. The summed E-state index contributed by atoms with van der Waals surface area (Å²) in [6.45, 7) is 5.89. The molecule has 0 saturated heterocycles. The number of aromatic nitrogens is 1. The second kappa shape index (κ2) is 11.8. The number of aliphatic imine (C=N–C) groups is 1. The molecule has 7 heteroatoms. The minimum absolute atomic E-state index is 0.460. The van der Waals surface area contributed by atoms with E-state index in [-0.39, 0.29) is 0 Å². The van der Waals surface area contributed by atoms with E-state index in [2.05, 4.69) is 45.7 Å². The minimum atomic E-state index is 0.460. The Balaban J connectivity index is 1.44. The van der Waals surface area contributed by atoms with Crippen LogP contribution in [0, 0.1) is 6.92 Å². The van der Waals surface area contributed by atoms with Gasteiger partial charge in [0.2, 0.25) is 5.89 Å². The number of hydrogen-bond donors (Lipinski definition) is 2. The smallest absolute Gasteiger partial charge is 0.214 e. The fourth-order valence-electron chi connectivity index (χ4n) is 3.27. The van der Waals surface area contributed by atoms with Crippen LogP contribution in [0.2, 0.25) is 0 Å². The molecule has 0 unspecified atom stereocenters. The molecule has 3 aromatic rings. The van der Waals surface area contributed by atoms with Crippen LogP contribution in [0.4, 0.5) is 0 Å². The highest BCUT2D eigenvalue weighted by Gasteiger charge is 2.08. The van der Waals surface area contributed by atoms with Gasteiger partial charge in [-0.15, -0.1) is 0 Å². The molecule has 1 heterocycles. The van der Waals surface area contributed by atoms with E-state index in [1.807, 2.05) is 31.2 Å². The van der Waals surface area contributed by atoms with Crippen molar-refractivity contribution in [2.24, 2.45) is 4.99 Å². The van der Waals surface area contributed by atoms with E-state index in [4.69, 9.17) is 13.9 Å². The van der Waals surface area contributed by atoms with Gasteiger partial charge in [0, 0.05) is 19.2 Å². The second-order valence-corrected chi connectivity index (χ2v) is 7.36. The van der Waals surface area contributed by atoms with Gasteiger partial charge in [0.05, 0.1) is 26.5 Å². The van der Waals surface area contributed by atoms with Crippen LogP contribution in [0.25, 0.3) is 11.3 Å². The molecule has 1 aromatic heterocycles. The van der Waals surface area contributed by atoms with Gasteiger partial charge in [-0.2, -0.15) is 0 Å². The van der Waals surface area contributed by atoms with Crippen LogP contribution in [0.1, 0.15) is 30.4 Å². The maximum Gasteiger partial charge on any atom is 0.214 e. The molecule has 0 fully saturated rings. The van der Waals surface area contributed by atoms with E-state index in [9.17, 15) is 0 Å². The van der Waals surface area contributed by atoms with Gasteiger partial charge in [0.1, 0.15) is 0 Å². The summed E-state index contributed by atoms with van der Waals surface area (Å²) in [5.74, 6) is 3.63.